The molecule has 0 aliphatic heterocycles. The summed E-state index contributed by atoms with van der Waals surface area (Å²) in [6, 6.07) is 21.4. The van der Waals surface area contributed by atoms with Gasteiger partial charge in [-0.1, -0.05) is 67.6 Å². The van der Waals surface area contributed by atoms with Crippen molar-refractivity contribution >= 4 is 9.76 Å². The number of rotatable bonds is 5. The Morgan fingerprint density at radius 3 is 1.63 bits per heavy atom. The summed E-state index contributed by atoms with van der Waals surface area (Å²) >= 11 is 0. The lowest BCUT2D eigenvalue weighted by molar-refractivity contribution is 0.246. The third-order valence-corrected chi connectivity index (χ3v) is 5.75. The van der Waals surface area contributed by atoms with E-state index in [1.807, 2.05) is 0 Å². The summed E-state index contributed by atoms with van der Waals surface area (Å²) in [6.07, 6.45) is 0.304. The van der Waals surface area contributed by atoms with Crippen molar-refractivity contribution in [2.75, 3.05) is 0 Å². The first-order valence-corrected chi connectivity index (χ1v) is 8.14. The minimum atomic E-state index is -0.715. The summed E-state index contributed by atoms with van der Waals surface area (Å²) in [4.78, 5) is 0. The molecule has 0 heterocycles. The molecule has 1 nitrogen and oxygen atoms in total. The molecule has 0 atom stereocenters. The van der Waals surface area contributed by atoms with E-state index in [0.717, 1.165) is 0 Å². The Hall–Kier alpha value is -1.38. The van der Waals surface area contributed by atoms with Gasteiger partial charge in [0, 0.05) is 11.1 Å². The van der Waals surface area contributed by atoms with Crippen molar-refractivity contribution in [1.82, 2.24) is 0 Å². The lowest BCUT2D eigenvalue weighted by atomic mass is 9.92. The number of hydrogen-bond acceptors (Lipinski definition) is 1. The Bertz CT molecular complexity index is 454. The zero-order chi connectivity index (χ0) is 13.7. The van der Waals surface area contributed by atoms with Crippen LogP contribution >= 0.6 is 0 Å². The highest BCUT2D eigenvalue weighted by Gasteiger charge is 2.30. The number of benzene rings is 2. The molecule has 0 aliphatic carbocycles. The fourth-order valence-electron chi connectivity index (χ4n) is 2.28. The second-order valence-corrected chi connectivity index (χ2v) is 7.46. The molecule has 0 aliphatic rings. The van der Waals surface area contributed by atoms with Crippen LogP contribution in [0.2, 0.25) is 0 Å². The van der Waals surface area contributed by atoms with Gasteiger partial charge in [-0.15, -0.1) is 0 Å². The maximum atomic E-state index is 6.05. The maximum Gasteiger partial charge on any atom is 0.176 e. The van der Waals surface area contributed by atoms with Crippen LogP contribution in [0.3, 0.4) is 0 Å². The van der Waals surface area contributed by atoms with E-state index in [0.29, 0.717) is 6.10 Å². The second kappa shape index (κ2) is 6.18. The van der Waals surface area contributed by atoms with Gasteiger partial charge in [0.05, 0.1) is 0 Å². The van der Waals surface area contributed by atoms with Crippen LogP contribution in [0, 0.1) is 0 Å². The molecular formula is C17H22OSi. The van der Waals surface area contributed by atoms with Crippen LogP contribution in [0.5, 0.6) is 0 Å². The van der Waals surface area contributed by atoms with E-state index in [4.69, 9.17) is 4.43 Å². The van der Waals surface area contributed by atoms with Gasteiger partial charge < -0.3 is 4.43 Å². The molecule has 2 aromatic rings. The highest BCUT2D eigenvalue weighted by molar-refractivity contribution is 6.34. The lowest BCUT2D eigenvalue weighted by Crippen LogP contribution is -2.34. The van der Waals surface area contributed by atoms with Crippen LogP contribution in [0.15, 0.2) is 60.7 Å². The summed E-state index contributed by atoms with van der Waals surface area (Å²) in [5, 5.41) is 0.0345. The van der Waals surface area contributed by atoms with Crippen LogP contribution in [-0.2, 0) is 9.46 Å². The van der Waals surface area contributed by atoms with E-state index in [-0.39, 0.29) is 5.04 Å². The summed E-state index contributed by atoms with van der Waals surface area (Å²) in [6.45, 7) is 6.54. The predicted molar refractivity (Wildman–Crippen MR) is 84.1 cm³/mol. The largest absolute Gasteiger partial charge is 0.420 e. The topological polar surface area (TPSA) is 9.23 Å². The highest BCUT2D eigenvalue weighted by Crippen LogP contribution is 2.31. The Labute approximate surface area is 118 Å². The molecule has 0 radical (unpaired) electrons. The van der Waals surface area contributed by atoms with E-state index in [1.54, 1.807) is 0 Å². The van der Waals surface area contributed by atoms with Crippen LogP contribution < -0.4 is 0 Å². The first-order chi connectivity index (χ1) is 9.13. The van der Waals surface area contributed by atoms with Crippen molar-refractivity contribution in [3.63, 3.8) is 0 Å². The van der Waals surface area contributed by atoms with Gasteiger partial charge in [-0.25, -0.2) is 0 Å². The fraction of sp³-hybridized carbons (Fsp3) is 0.294. The zero-order valence-corrected chi connectivity index (χ0v) is 13.4. The van der Waals surface area contributed by atoms with Gasteiger partial charge >= 0.3 is 0 Å². The van der Waals surface area contributed by atoms with E-state index in [1.165, 1.54) is 11.1 Å². The molecule has 2 heteroatoms. The molecule has 0 amide bonds. The van der Waals surface area contributed by atoms with Gasteiger partial charge in [0.1, 0.15) is 0 Å². The van der Waals surface area contributed by atoms with E-state index in [9.17, 15) is 0 Å². The third-order valence-electron chi connectivity index (χ3n) is 3.53. The molecule has 2 rings (SSSR count). The van der Waals surface area contributed by atoms with Crippen molar-refractivity contribution in [3.05, 3.63) is 71.8 Å². The number of hydrogen-bond donors (Lipinski definition) is 0. The first-order valence-electron chi connectivity index (χ1n) is 6.85. The summed E-state index contributed by atoms with van der Waals surface area (Å²) in [5.41, 5.74) is 2.71. The summed E-state index contributed by atoms with van der Waals surface area (Å²) in [7, 11) is -0.715. The molecule has 0 aromatic heterocycles. The standard InChI is InChI=1S/C17H22OSi/c1-14(2)18-19-17(3,15-10-6-4-7-11-15)16-12-8-5-9-13-16/h4-14H,19H2,1-3H3. The molecule has 0 spiro atoms. The Balaban J connectivity index is 2.39. The highest BCUT2D eigenvalue weighted by atomic mass is 28.2. The van der Waals surface area contributed by atoms with Crippen molar-refractivity contribution in [2.24, 2.45) is 0 Å². The van der Waals surface area contributed by atoms with E-state index >= 15 is 0 Å². The third kappa shape index (κ3) is 3.34. The van der Waals surface area contributed by atoms with Crippen LogP contribution in [-0.4, -0.2) is 15.9 Å². The fourth-order valence-corrected chi connectivity index (χ4v) is 3.75. The molecule has 0 bridgehead atoms. The average molecular weight is 270 g/mol. The molecule has 100 valence electrons. The minimum Gasteiger partial charge on any atom is -0.420 e. The summed E-state index contributed by atoms with van der Waals surface area (Å²) < 4.78 is 6.05. The minimum absolute atomic E-state index is 0.0345. The van der Waals surface area contributed by atoms with E-state index in [2.05, 4.69) is 81.4 Å². The maximum absolute atomic E-state index is 6.05. The zero-order valence-electron chi connectivity index (χ0n) is 12.0. The van der Waals surface area contributed by atoms with Gasteiger partial charge in [-0.2, -0.15) is 0 Å². The first kappa shape index (κ1) is 14.0. The molecule has 19 heavy (non-hydrogen) atoms. The average Bonchev–Trinajstić information content (AvgIpc) is 2.46. The SMILES string of the molecule is CC(C)O[SiH2]C(C)(c1ccccc1)c1ccccc1. The van der Waals surface area contributed by atoms with Crippen molar-refractivity contribution in [1.29, 1.82) is 0 Å². The molecule has 0 fully saturated rings. The normalized spacial score (nSPS) is 12.4. The van der Waals surface area contributed by atoms with Crippen molar-refractivity contribution < 1.29 is 4.43 Å². The smallest absolute Gasteiger partial charge is 0.176 e. The second-order valence-electron chi connectivity index (χ2n) is 5.42. The van der Waals surface area contributed by atoms with Gasteiger partial charge in [0.15, 0.2) is 9.76 Å². The molecule has 0 unspecified atom stereocenters. The molecule has 2 aromatic carbocycles. The Kier molecular flexibility index (Phi) is 4.56. The molecule has 0 saturated heterocycles. The molecule has 0 saturated carbocycles. The van der Waals surface area contributed by atoms with Crippen molar-refractivity contribution in [2.45, 2.75) is 31.9 Å². The lowest BCUT2D eigenvalue weighted by Gasteiger charge is -2.31. The van der Waals surface area contributed by atoms with Gasteiger partial charge in [0.2, 0.25) is 0 Å². The predicted octanol–water partition coefficient (Wildman–Crippen LogP) is 3.46. The van der Waals surface area contributed by atoms with Gasteiger partial charge in [-0.05, 0) is 25.0 Å². The monoisotopic (exact) mass is 270 g/mol. The van der Waals surface area contributed by atoms with Crippen molar-refractivity contribution in [3.8, 4) is 0 Å². The summed E-state index contributed by atoms with van der Waals surface area (Å²) in [5.74, 6) is 0. The van der Waals surface area contributed by atoms with Gasteiger partial charge in [0.25, 0.3) is 0 Å². The van der Waals surface area contributed by atoms with Crippen LogP contribution in [0.25, 0.3) is 0 Å². The Morgan fingerprint density at radius 2 is 1.26 bits per heavy atom. The molecule has 0 N–H and O–H groups in total. The van der Waals surface area contributed by atoms with Crippen LogP contribution in [0.4, 0.5) is 0 Å². The Morgan fingerprint density at radius 1 is 0.842 bits per heavy atom. The quantitative estimate of drug-likeness (QED) is 0.756. The van der Waals surface area contributed by atoms with E-state index < -0.39 is 9.76 Å². The molecular weight excluding hydrogens is 248 g/mol. The van der Waals surface area contributed by atoms with Gasteiger partial charge in [-0.3, -0.25) is 0 Å². The van der Waals surface area contributed by atoms with Crippen LogP contribution in [0.1, 0.15) is 31.9 Å².